The minimum Gasteiger partial charge on any atom is -0.478 e. The fourth-order valence-corrected chi connectivity index (χ4v) is 3.68. The van der Waals surface area contributed by atoms with Crippen LogP contribution in [0.25, 0.3) is 0 Å². The van der Waals surface area contributed by atoms with Crippen molar-refractivity contribution in [2.24, 2.45) is 0 Å². The summed E-state index contributed by atoms with van der Waals surface area (Å²) in [7, 11) is 0. The van der Waals surface area contributed by atoms with Crippen LogP contribution in [0, 0.1) is 0 Å². The summed E-state index contributed by atoms with van der Waals surface area (Å²) in [6, 6.07) is 18.1. The molecule has 35 heavy (non-hydrogen) atoms. The summed E-state index contributed by atoms with van der Waals surface area (Å²) in [5.41, 5.74) is 0.00935. The second kappa shape index (κ2) is 11.8. The van der Waals surface area contributed by atoms with Gasteiger partial charge in [0.1, 0.15) is 0 Å². The first-order valence-electron chi connectivity index (χ1n) is 9.88. The van der Waals surface area contributed by atoms with Crippen molar-refractivity contribution in [1.29, 1.82) is 0 Å². The molecule has 180 valence electrons. The Morgan fingerprint density at radius 3 is 1.69 bits per heavy atom. The first-order valence-corrected chi connectivity index (χ1v) is 11.4. The van der Waals surface area contributed by atoms with Crippen LogP contribution in [0.2, 0.25) is 10.0 Å². The number of carbonyl (C=O) groups is 4. The summed E-state index contributed by atoms with van der Waals surface area (Å²) in [6.45, 7) is 0. The molecule has 3 rings (SSSR count). The van der Waals surface area contributed by atoms with Crippen molar-refractivity contribution in [3.8, 4) is 0 Å². The van der Waals surface area contributed by atoms with Gasteiger partial charge in [-0.3, -0.25) is 4.79 Å². The van der Waals surface area contributed by atoms with E-state index in [9.17, 15) is 24.3 Å². The lowest BCUT2D eigenvalue weighted by Gasteiger charge is -2.24. The highest BCUT2D eigenvalue weighted by Gasteiger charge is 2.41. The predicted molar refractivity (Wildman–Crippen MR) is 132 cm³/mol. The molecule has 0 aliphatic carbocycles. The van der Waals surface area contributed by atoms with Crippen molar-refractivity contribution in [3.63, 3.8) is 0 Å². The molecule has 0 saturated heterocycles. The van der Waals surface area contributed by atoms with Crippen LogP contribution in [-0.2, 0) is 19.1 Å². The van der Waals surface area contributed by atoms with Crippen LogP contribution in [0.1, 0.15) is 20.7 Å². The van der Waals surface area contributed by atoms with E-state index in [-0.39, 0.29) is 26.9 Å². The number of carboxylic acid groups (broad SMARTS) is 1. The van der Waals surface area contributed by atoms with Crippen molar-refractivity contribution < 1.29 is 33.8 Å². The number of ether oxygens (including phenoxy) is 2. The Hall–Kier alpha value is -3.40. The summed E-state index contributed by atoms with van der Waals surface area (Å²) >= 11 is 15.3. The van der Waals surface area contributed by atoms with E-state index in [1.807, 2.05) is 0 Å². The van der Waals surface area contributed by atoms with E-state index in [1.165, 1.54) is 42.5 Å². The average Bonchev–Trinajstić information content (AvgIpc) is 2.82. The molecule has 0 saturated carbocycles. The van der Waals surface area contributed by atoms with Gasteiger partial charge in [0.05, 0.1) is 26.9 Å². The summed E-state index contributed by atoms with van der Waals surface area (Å²) in [5.74, 6) is -5.01. The van der Waals surface area contributed by atoms with Crippen molar-refractivity contribution in [2.45, 2.75) is 12.2 Å². The number of hydrogen-bond acceptors (Lipinski definition) is 6. The molecule has 0 fully saturated rings. The van der Waals surface area contributed by atoms with Crippen molar-refractivity contribution in [2.75, 3.05) is 5.32 Å². The third-order valence-electron chi connectivity index (χ3n) is 4.56. The van der Waals surface area contributed by atoms with Crippen LogP contribution in [0.15, 0.2) is 77.3 Å². The lowest BCUT2D eigenvalue weighted by atomic mass is 10.1. The van der Waals surface area contributed by atoms with Crippen LogP contribution in [0.5, 0.6) is 0 Å². The maximum absolute atomic E-state index is 13.1. The van der Waals surface area contributed by atoms with Gasteiger partial charge in [-0.1, -0.05) is 59.6 Å². The summed E-state index contributed by atoms with van der Waals surface area (Å²) < 4.78 is 10.8. The highest BCUT2D eigenvalue weighted by atomic mass is 79.9. The number of carbonyl (C=O) groups excluding carboxylic acids is 3. The molecule has 0 radical (unpaired) electrons. The zero-order valence-corrected chi connectivity index (χ0v) is 20.7. The van der Waals surface area contributed by atoms with Gasteiger partial charge in [-0.25, -0.2) is 14.4 Å². The second-order valence-electron chi connectivity index (χ2n) is 6.92. The van der Waals surface area contributed by atoms with Crippen molar-refractivity contribution in [1.82, 2.24) is 0 Å². The molecule has 0 aromatic heterocycles. The fourth-order valence-electron chi connectivity index (χ4n) is 2.87. The Morgan fingerprint density at radius 1 is 0.743 bits per heavy atom. The molecule has 8 nitrogen and oxygen atoms in total. The molecule has 0 aliphatic heterocycles. The van der Waals surface area contributed by atoms with E-state index in [1.54, 1.807) is 30.3 Å². The van der Waals surface area contributed by atoms with Gasteiger partial charge in [0.25, 0.3) is 5.91 Å². The number of rotatable bonds is 8. The number of carboxylic acids is 1. The molecule has 0 heterocycles. The predicted octanol–water partition coefficient (Wildman–Crippen LogP) is 5.23. The number of anilines is 1. The van der Waals surface area contributed by atoms with Gasteiger partial charge < -0.3 is 19.9 Å². The van der Waals surface area contributed by atoms with Crippen LogP contribution in [0.3, 0.4) is 0 Å². The molecule has 0 spiro atoms. The third kappa shape index (κ3) is 6.60. The zero-order valence-electron chi connectivity index (χ0n) is 17.6. The quantitative estimate of drug-likeness (QED) is 0.350. The van der Waals surface area contributed by atoms with E-state index in [4.69, 9.17) is 32.7 Å². The van der Waals surface area contributed by atoms with Crippen LogP contribution >= 0.6 is 39.1 Å². The Balaban J connectivity index is 1.95. The maximum atomic E-state index is 13.1. The van der Waals surface area contributed by atoms with Gasteiger partial charge in [-0.15, -0.1) is 0 Å². The first-order chi connectivity index (χ1) is 16.7. The van der Waals surface area contributed by atoms with E-state index in [2.05, 4.69) is 21.2 Å². The van der Waals surface area contributed by atoms with Crippen molar-refractivity contribution >= 4 is 68.6 Å². The first kappa shape index (κ1) is 26.2. The van der Waals surface area contributed by atoms with E-state index < -0.39 is 36.0 Å². The van der Waals surface area contributed by atoms with E-state index in [0.717, 1.165) is 0 Å². The second-order valence-corrected chi connectivity index (χ2v) is 8.59. The van der Waals surface area contributed by atoms with Gasteiger partial charge >= 0.3 is 17.9 Å². The number of esters is 2. The highest BCUT2D eigenvalue weighted by molar-refractivity contribution is 9.10. The van der Waals surface area contributed by atoms with Crippen LogP contribution in [0.4, 0.5) is 5.69 Å². The zero-order chi connectivity index (χ0) is 25.5. The number of benzene rings is 3. The summed E-state index contributed by atoms with van der Waals surface area (Å²) in [4.78, 5) is 50.7. The highest BCUT2D eigenvalue weighted by Crippen LogP contribution is 2.24. The topological polar surface area (TPSA) is 119 Å². The lowest BCUT2D eigenvalue weighted by molar-refractivity contribution is -0.157. The number of para-hydroxylation sites is 1. The molecular weight excluding hydrogens is 565 g/mol. The Kier molecular flexibility index (Phi) is 8.86. The molecule has 0 bridgehead atoms. The Morgan fingerprint density at radius 2 is 1.20 bits per heavy atom. The lowest BCUT2D eigenvalue weighted by Crippen LogP contribution is -2.48. The van der Waals surface area contributed by atoms with Gasteiger partial charge in [-0.2, -0.15) is 0 Å². The normalized spacial score (nSPS) is 12.2. The number of amides is 1. The van der Waals surface area contributed by atoms with Crippen LogP contribution < -0.4 is 5.32 Å². The molecule has 3 aromatic rings. The SMILES string of the molecule is O=C(O[C@H](C(=O)Nc1ccccc1Br)[C@@H](OC(=O)c1ccccc1Cl)C(=O)O)c1ccccc1Cl. The molecule has 2 N–H and O–H groups in total. The van der Waals surface area contributed by atoms with E-state index >= 15 is 0 Å². The molecular formula is C24H16BrCl2NO7. The van der Waals surface area contributed by atoms with E-state index in [0.29, 0.717) is 4.47 Å². The number of aliphatic carboxylic acids is 1. The molecule has 0 unspecified atom stereocenters. The largest absolute Gasteiger partial charge is 0.478 e. The monoisotopic (exact) mass is 579 g/mol. The fraction of sp³-hybridized carbons (Fsp3) is 0.0833. The summed E-state index contributed by atoms with van der Waals surface area (Å²) in [6.07, 6.45) is -4.30. The Labute approximate surface area is 217 Å². The van der Waals surface area contributed by atoms with Crippen molar-refractivity contribution in [3.05, 3.63) is 98.4 Å². The molecule has 1 amide bonds. The molecule has 3 aromatic carbocycles. The van der Waals surface area contributed by atoms with Gasteiger partial charge in [0, 0.05) is 4.47 Å². The number of nitrogens with one attached hydrogen (secondary N) is 1. The third-order valence-corrected chi connectivity index (χ3v) is 5.91. The van der Waals surface area contributed by atoms with Gasteiger partial charge in [-0.05, 0) is 52.3 Å². The minimum absolute atomic E-state index is 0.00363. The Bertz CT molecular complexity index is 1280. The molecule has 11 heteroatoms. The van der Waals surface area contributed by atoms with Crippen LogP contribution in [-0.4, -0.2) is 41.1 Å². The van der Waals surface area contributed by atoms with Gasteiger partial charge in [0.15, 0.2) is 0 Å². The maximum Gasteiger partial charge on any atom is 0.349 e. The molecule has 2 atom stereocenters. The average molecular weight is 581 g/mol. The molecule has 0 aliphatic rings. The van der Waals surface area contributed by atoms with Gasteiger partial charge in [0.2, 0.25) is 12.2 Å². The summed E-state index contributed by atoms with van der Waals surface area (Å²) in [5, 5.41) is 12.3. The smallest absolute Gasteiger partial charge is 0.349 e. The number of halogens is 3. The minimum atomic E-state index is -2.22. The number of hydrogen-bond donors (Lipinski definition) is 2. The standard InChI is InChI=1S/C24H16BrCl2NO7/c25-15-9-3-6-12-18(15)28-21(29)19(34-23(32)13-7-1-4-10-16(13)26)20(22(30)31)35-24(33)14-8-2-5-11-17(14)27/h1-12,19-20H,(H,28,29)(H,30,31)/t19-,20+/m0/s1.